The molecule has 1 fully saturated rings. The number of imide groups is 1. The molecule has 0 radical (unpaired) electrons. The number of nitrogens with one attached hydrogen (secondary N) is 1. The van der Waals surface area contributed by atoms with Crippen molar-refractivity contribution >= 4 is 22.8 Å². The quantitative estimate of drug-likeness (QED) is 0.720. The molecule has 17 heavy (non-hydrogen) atoms. The SMILES string of the molecule is O=C1CCC(n2ncc3cccnc32)C(=O)N1. The number of piperidine rings is 1. The summed E-state index contributed by atoms with van der Waals surface area (Å²) in [7, 11) is 0. The molecule has 0 aliphatic carbocycles. The minimum Gasteiger partial charge on any atom is -0.295 e. The summed E-state index contributed by atoms with van der Waals surface area (Å²) in [6.07, 6.45) is 4.14. The van der Waals surface area contributed by atoms with Gasteiger partial charge in [0.1, 0.15) is 6.04 Å². The zero-order chi connectivity index (χ0) is 11.8. The Bertz CT molecular complexity index is 604. The molecule has 1 aliphatic rings. The van der Waals surface area contributed by atoms with Crippen LogP contribution in [0.25, 0.3) is 11.0 Å². The van der Waals surface area contributed by atoms with Crippen molar-refractivity contribution in [3.8, 4) is 0 Å². The number of amides is 2. The van der Waals surface area contributed by atoms with Crippen molar-refractivity contribution in [3.05, 3.63) is 24.5 Å². The number of aromatic nitrogens is 3. The van der Waals surface area contributed by atoms with Crippen LogP contribution in [0.1, 0.15) is 18.9 Å². The normalized spacial score (nSPS) is 20.6. The first-order valence-electron chi connectivity index (χ1n) is 5.37. The van der Waals surface area contributed by atoms with Crippen molar-refractivity contribution in [1.29, 1.82) is 0 Å². The highest BCUT2D eigenvalue weighted by Crippen LogP contribution is 2.21. The van der Waals surface area contributed by atoms with E-state index in [4.69, 9.17) is 0 Å². The number of hydrogen-bond acceptors (Lipinski definition) is 4. The van der Waals surface area contributed by atoms with Crippen LogP contribution in [0.4, 0.5) is 0 Å². The fraction of sp³-hybridized carbons (Fsp3) is 0.273. The smallest absolute Gasteiger partial charge is 0.251 e. The molecule has 2 amide bonds. The second-order valence-electron chi connectivity index (χ2n) is 3.97. The van der Waals surface area contributed by atoms with Crippen LogP contribution >= 0.6 is 0 Å². The zero-order valence-corrected chi connectivity index (χ0v) is 8.96. The number of carbonyl (C=O) groups excluding carboxylic acids is 2. The van der Waals surface area contributed by atoms with Gasteiger partial charge >= 0.3 is 0 Å². The molecule has 1 atom stereocenters. The summed E-state index contributed by atoms with van der Waals surface area (Å²) in [5.74, 6) is -0.535. The first kappa shape index (κ1) is 9.95. The van der Waals surface area contributed by atoms with Crippen molar-refractivity contribution < 1.29 is 9.59 Å². The van der Waals surface area contributed by atoms with Crippen LogP contribution in [0.5, 0.6) is 0 Å². The highest BCUT2D eigenvalue weighted by molar-refractivity contribution is 5.99. The summed E-state index contributed by atoms with van der Waals surface area (Å²) in [5.41, 5.74) is 0.669. The second kappa shape index (κ2) is 3.65. The van der Waals surface area contributed by atoms with Gasteiger partial charge in [-0.3, -0.25) is 14.9 Å². The Morgan fingerprint density at radius 3 is 3.12 bits per heavy atom. The van der Waals surface area contributed by atoms with Crippen LogP contribution in [0.15, 0.2) is 24.5 Å². The van der Waals surface area contributed by atoms with E-state index in [-0.39, 0.29) is 11.8 Å². The maximum Gasteiger partial charge on any atom is 0.251 e. The molecule has 0 aromatic carbocycles. The summed E-state index contributed by atoms with van der Waals surface area (Å²) in [5, 5.41) is 7.38. The number of fused-ring (bicyclic) bond motifs is 1. The Morgan fingerprint density at radius 1 is 1.41 bits per heavy atom. The molecular weight excluding hydrogens is 220 g/mol. The van der Waals surface area contributed by atoms with E-state index in [0.717, 1.165) is 5.39 Å². The number of carbonyl (C=O) groups is 2. The van der Waals surface area contributed by atoms with Gasteiger partial charge < -0.3 is 0 Å². The summed E-state index contributed by atoms with van der Waals surface area (Å²) in [6.45, 7) is 0. The van der Waals surface area contributed by atoms with Crippen molar-refractivity contribution in [2.75, 3.05) is 0 Å². The highest BCUT2D eigenvalue weighted by atomic mass is 16.2. The van der Waals surface area contributed by atoms with Crippen molar-refractivity contribution in [3.63, 3.8) is 0 Å². The monoisotopic (exact) mass is 230 g/mol. The lowest BCUT2D eigenvalue weighted by atomic mass is 10.1. The largest absolute Gasteiger partial charge is 0.295 e. The Kier molecular flexibility index (Phi) is 2.14. The molecule has 3 rings (SSSR count). The Labute approximate surface area is 96.6 Å². The molecule has 0 spiro atoms. The molecule has 2 aromatic heterocycles. The van der Waals surface area contributed by atoms with Gasteiger partial charge in [-0.25, -0.2) is 9.67 Å². The van der Waals surface area contributed by atoms with Gasteiger partial charge in [-0.2, -0.15) is 5.10 Å². The Balaban J connectivity index is 2.04. The second-order valence-corrected chi connectivity index (χ2v) is 3.97. The van der Waals surface area contributed by atoms with E-state index in [9.17, 15) is 9.59 Å². The van der Waals surface area contributed by atoms with Crippen LogP contribution in [0, 0.1) is 0 Å². The lowest BCUT2D eigenvalue weighted by Gasteiger charge is -2.21. The topological polar surface area (TPSA) is 76.9 Å². The van der Waals surface area contributed by atoms with Crippen molar-refractivity contribution in [2.45, 2.75) is 18.9 Å². The van der Waals surface area contributed by atoms with E-state index >= 15 is 0 Å². The minimum absolute atomic E-state index is 0.226. The zero-order valence-electron chi connectivity index (χ0n) is 8.96. The molecule has 0 saturated carbocycles. The molecule has 2 aromatic rings. The summed E-state index contributed by atoms with van der Waals surface area (Å²) in [4.78, 5) is 27.0. The van der Waals surface area contributed by atoms with Crippen LogP contribution in [-0.4, -0.2) is 26.6 Å². The molecule has 1 N–H and O–H groups in total. The standard InChI is InChI=1S/C11H10N4O2/c16-9-4-3-8(11(17)14-9)15-10-7(6-13-15)2-1-5-12-10/h1-2,5-6,8H,3-4H2,(H,14,16,17). The predicted octanol–water partition coefficient (Wildman–Crippen LogP) is 0.409. The molecule has 3 heterocycles. The molecule has 0 bridgehead atoms. The van der Waals surface area contributed by atoms with E-state index in [1.54, 1.807) is 17.1 Å². The fourth-order valence-corrected chi connectivity index (χ4v) is 2.02. The lowest BCUT2D eigenvalue weighted by molar-refractivity contribution is -0.135. The first-order valence-corrected chi connectivity index (χ1v) is 5.37. The third kappa shape index (κ3) is 1.57. The molecule has 1 saturated heterocycles. The van der Waals surface area contributed by atoms with Crippen LogP contribution in [0.3, 0.4) is 0 Å². The van der Waals surface area contributed by atoms with Gasteiger partial charge in [0.15, 0.2) is 5.65 Å². The van der Waals surface area contributed by atoms with Gasteiger partial charge in [0.2, 0.25) is 5.91 Å². The number of nitrogens with zero attached hydrogens (tertiary/aromatic N) is 3. The molecule has 6 nitrogen and oxygen atoms in total. The molecular formula is C11H10N4O2. The van der Waals surface area contributed by atoms with E-state index in [1.165, 1.54) is 0 Å². The van der Waals surface area contributed by atoms with Crippen LogP contribution < -0.4 is 5.32 Å². The van der Waals surface area contributed by atoms with Gasteiger partial charge in [0.05, 0.1) is 6.20 Å². The van der Waals surface area contributed by atoms with Crippen LogP contribution in [0.2, 0.25) is 0 Å². The van der Waals surface area contributed by atoms with Gasteiger partial charge in [0, 0.05) is 18.0 Å². The van der Waals surface area contributed by atoms with Crippen molar-refractivity contribution in [2.24, 2.45) is 0 Å². The minimum atomic E-state index is -0.444. The third-order valence-electron chi connectivity index (χ3n) is 2.86. The van der Waals surface area contributed by atoms with E-state index < -0.39 is 6.04 Å². The number of rotatable bonds is 1. The maximum atomic E-state index is 11.7. The predicted molar refractivity (Wildman–Crippen MR) is 58.9 cm³/mol. The summed E-state index contributed by atoms with van der Waals surface area (Å²) >= 11 is 0. The Hall–Kier alpha value is -2.24. The molecule has 6 heteroatoms. The number of hydrogen-bond donors (Lipinski definition) is 1. The molecule has 86 valence electrons. The van der Waals surface area contributed by atoms with Gasteiger partial charge in [-0.15, -0.1) is 0 Å². The van der Waals surface area contributed by atoms with E-state index in [1.807, 2.05) is 12.1 Å². The van der Waals surface area contributed by atoms with E-state index in [0.29, 0.717) is 18.5 Å². The average Bonchev–Trinajstić information content (AvgIpc) is 2.73. The maximum absolute atomic E-state index is 11.7. The van der Waals surface area contributed by atoms with Gasteiger partial charge in [-0.05, 0) is 18.6 Å². The highest BCUT2D eigenvalue weighted by Gasteiger charge is 2.29. The lowest BCUT2D eigenvalue weighted by Crippen LogP contribution is -2.42. The van der Waals surface area contributed by atoms with Crippen LogP contribution in [-0.2, 0) is 9.59 Å². The van der Waals surface area contributed by atoms with Gasteiger partial charge in [-0.1, -0.05) is 0 Å². The summed E-state index contributed by atoms with van der Waals surface area (Å²) in [6, 6.07) is 3.26. The third-order valence-corrected chi connectivity index (χ3v) is 2.86. The van der Waals surface area contributed by atoms with Crippen molar-refractivity contribution in [1.82, 2.24) is 20.1 Å². The Morgan fingerprint density at radius 2 is 2.29 bits per heavy atom. The first-order chi connectivity index (χ1) is 8.25. The number of pyridine rings is 1. The molecule has 1 unspecified atom stereocenters. The fourth-order valence-electron chi connectivity index (χ4n) is 2.02. The van der Waals surface area contributed by atoms with Gasteiger partial charge in [0.25, 0.3) is 5.91 Å². The van der Waals surface area contributed by atoms with E-state index in [2.05, 4.69) is 15.4 Å². The summed E-state index contributed by atoms with van der Waals surface area (Å²) < 4.78 is 1.58. The average molecular weight is 230 g/mol. The molecule has 1 aliphatic heterocycles.